The van der Waals surface area contributed by atoms with Crippen molar-refractivity contribution in [1.82, 2.24) is 9.97 Å². The Morgan fingerprint density at radius 2 is 2.20 bits per heavy atom. The van der Waals surface area contributed by atoms with Gasteiger partial charge in [0.05, 0.1) is 21.1 Å². The lowest BCUT2D eigenvalue weighted by Gasteiger charge is -1.93. The standard InChI is InChI=1S/C10H13N3S2/c11-4-2-1-3-10-13-8(6-14-10)9-5-12-7-15-9/h5-7H,1-4,11H2. The number of nitrogens with zero attached hydrogens (tertiary/aromatic N) is 2. The third kappa shape index (κ3) is 2.84. The predicted octanol–water partition coefficient (Wildman–Crippen LogP) is 2.55. The molecule has 0 radical (unpaired) electrons. The summed E-state index contributed by atoms with van der Waals surface area (Å²) in [6, 6.07) is 0. The molecule has 0 aromatic carbocycles. The van der Waals surface area contributed by atoms with Crippen molar-refractivity contribution in [3.63, 3.8) is 0 Å². The Morgan fingerprint density at radius 1 is 1.27 bits per heavy atom. The van der Waals surface area contributed by atoms with E-state index >= 15 is 0 Å². The molecule has 0 aliphatic rings. The maximum Gasteiger partial charge on any atom is 0.0932 e. The molecule has 0 amide bonds. The van der Waals surface area contributed by atoms with Gasteiger partial charge in [0.2, 0.25) is 0 Å². The second kappa shape index (κ2) is 5.34. The maximum absolute atomic E-state index is 5.45. The summed E-state index contributed by atoms with van der Waals surface area (Å²) >= 11 is 3.36. The molecule has 15 heavy (non-hydrogen) atoms. The molecule has 0 atom stereocenters. The highest BCUT2D eigenvalue weighted by molar-refractivity contribution is 7.14. The van der Waals surface area contributed by atoms with Gasteiger partial charge >= 0.3 is 0 Å². The normalized spacial score (nSPS) is 10.7. The minimum absolute atomic E-state index is 0.771. The van der Waals surface area contributed by atoms with Crippen LogP contribution in [0.1, 0.15) is 17.8 Å². The monoisotopic (exact) mass is 239 g/mol. The molecular weight excluding hydrogens is 226 g/mol. The van der Waals surface area contributed by atoms with E-state index in [2.05, 4.69) is 15.3 Å². The van der Waals surface area contributed by atoms with Gasteiger partial charge in [-0.25, -0.2) is 4.98 Å². The fraction of sp³-hybridized carbons (Fsp3) is 0.400. The number of hydrogen-bond donors (Lipinski definition) is 1. The lowest BCUT2D eigenvalue weighted by atomic mass is 10.2. The molecule has 2 N–H and O–H groups in total. The quantitative estimate of drug-likeness (QED) is 0.816. The summed E-state index contributed by atoms with van der Waals surface area (Å²) in [6.45, 7) is 0.771. The first kappa shape index (κ1) is 10.7. The SMILES string of the molecule is NCCCCc1nc(-c2cncs2)cs1. The average Bonchev–Trinajstić information content (AvgIpc) is 2.87. The Kier molecular flexibility index (Phi) is 3.82. The maximum atomic E-state index is 5.45. The second-order valence-corrected chi connectivity index (χ2v) is 5.07. The fourth-order valence-electron chi connectivity index (χ4n) is 1.30. The van der Waals surface area contributed by atoms with Crippen molar-refractivity contribution in [2.45, 2.75) is 19.3 Å². The minimum atomic E-state index is 0.771. The van der Waals surface area contributed by atoms with Gasteiger partial charge in [-0.2, -0.15) is 0 Å². The van der Waals surface area contributed by atoms with Crippen LogP contribution in [0, 0.1) is 0 Å². The summed E-state index contributed by atoms with van der Waals surface area (Å²) in [7, 11) is 0. The van der Waals surface area contributed by atoms with Crippen molar-refractivity contribution in [2.24, 2.45) is 5.73 Å². The molecule has 0 saturated carbocycles. The van der Waals surface area contributed by atoms with Crippen LogP contribution < -0.4 is 5.73 Å². The summed E-state index contributed by atoms with van der Waals surface area (Å²) in [5.74, 6) is 0. The number of rotatable bonds is 5. The van der Waals surface area contributed by atoms with Gasteiger partial charge in [-0.1, -0.05) is 0 Å². The Hall–Kier alpha value is -0.780. The number of unbranched alkanes of at least 4 members (excludes halogenated alkanes) is 1. The first-order chi connectivity index (χ1) is 7.40. The van der Waals surface area contributed by atoms with Gasteiger partial charge in [0.1, 0.15) is 0 Å². The molecule has 2 aromatic heterocycles. The highest BCUT2D eigenvalue weighted by atomic mass is 32.1. The molecule has 0 fully saturated rings. The summed E-state index contributed by atoms with van der Waals surface area (Å²) in [4.78, 5) is 9.77. The van der Waals surface area contributed by atoms with E-state index in [4.69, 9.17) is 5.73 Å². The molecular formula is C10H13N3S2. The number of hydrogen-bond acceptors (Lipinski definition) is 5. The lowest BCUT2D eigenvalue weighted by Crippen LogP contribution is -1.98. The number of thiazole rings is 2. The van der Waals surface area contributed by atoms with E-state index in [1.54, 1.807) is 22.7 Å². The van der Waals surface area contributed by atoms with Crippen LogP contribution in [0.2, 0.25) is 0 Å². The van der Waals surface area contributed by atoms with Crippen LogP contribution in [-0.4, -0.2) is 16.5 Å². The number of aryl methyl sites for hydroxylation is 1. The average molecular weight is 239 g/mol. The van der Waals surface area contributed by atoms with Crippen LogP contribution in [0.25, 0.3) is 10.6 Å². The lowest BCUT2D eigenvalue weighted by molar-refractivity contribution is 0.742. The number of nitrogens with two attached hydrogens (primary N) is 1. The smallest absolute Gasteiger partial charge is 0.0932 e. The molecule has 0 aliphatic carbocycles. The van der Waals surface area contributed by atoms with Crippen LogP contribution in [0.5, 0.6) is 0 Å². The van der Waals surface area contributed by atoms with E-state index in [1.807, 2.05) is 11.7 Å². The zero-order valence-corrected chi connectivity index (χ0v) is 9.98. The van der Waals surface area contributed by atoms with Crippen molar-refractivity contribution in [3.05, 3.63) is 22.1 Å². The summed E-state index contributed by atoms with van der Waals surface area (Å²) < 4.78 is 0. The molecule has 3 nitrogen and oxygen atoms in total. The summed E-state index contributed by atoms with van der Waals surface area (Å²) in [6.07, 6.45) is 5.12. The van der Waals surface area contributed by atoms with E-state index in [0.29, 0.717) is 0 Å². The Balaban J connectivity index is 1.98. The van der Waals surface area contributed by atoms with Crippen LogP contribution >= 0.6 is 22.7 Å². The molecule has 2 rings (SSSR count). The first-order valence-corrected chi connectivity index (χ1v) is 6.69. The Labute approximate surface area is 97.0 Å². The van der Waals surface area contributed by atoms with Crippen molar-refractivity contribution in [2.75, 3.05) is 6.54 Å². The highest BCUT2D eigenvalue weighted by Gasteiger charge is 2.05. The molecule has 5 heteroatoms. The second-order valence-electron chi connectivity index (χ2n) is 3.24. The summed E-state index contributed by atoms with van der Waals surface area (Å²) in [5, 5.41) is 3.30. The molecule has 80 valence electrons. The van der Waals surface area contributed by atoms with Gasteiger partial charge in [-0.15, -0.1) is 22.7 Å². The Morgan fingerprint density at radius 3 is 2.93 bits per heavy atom. The Bertz CT molecular complexity index is 394. The first-order valence-electron chi connectivity index (χ1n) is 4.93. The number of aromatic nitrogens is 2. The van der Waals surface area contributed by atoms with Gasteiger partial charge < -0.3 is 5.73 Å². The van der Waals surface area contributed by atoms with Gasteiger partial charge in [0.15, 0.2) is 0 Å². The van der Waals surface area contributed by atoms with Crippen LogP contribution in [0.15, 0.2) is 17.1 Å². The van der Waals surface area contributed by atoms with E-state index in [-0.39, 0.29) is 0 Å². The molecule has 0 bridgehead atoms. The molecule has 2 aromatic rings. The molecule has 2 heterocycles. The molecule has 0 spiro atoms. The highest BCUT2D eigenvalue weighted by Crippen LogP contribution is 2.25. The molecule has 0 unspecified atom stereocenters. The largest absolute Gasteiger partial charge is 0.330 e. The summed E-state index contributed by atoms with van der Waals surface area (Å²) in [5.41, 5.74) is 8.35. The topological polar surface area (TPSA) is 51.8 Å². The third-order valence-electron chi connectivity index (χ3n) is 2.08. The van der Waals surface area contributed by atoms with Crippen LogP contribution in [0.3, 0.4) is 0 Å². The van der Waals surface area contributed by atoms with Gasteiger partial charge in [0, 0.05) is 11.6 Å². The zero-order valence-electron chi connectivity index (χ0n) is 8.35. The van der Waals surface area contributed by atoms with Crippen molar-refractivity contribution in [1.29, 1.82) is 0 Å². The van der Waals surface area contributed by atoms with E-state index in [1.165, 1.54) is 5.01 Å². The van der Waals surface area contributed by atoms with E-state index < -0.39 is 0 Å². The zero-order chi connectivity index (χ0) is 10.5. The van der Waals surface area contributed by atoms with Gasteiger partial charge in [-0.05, 0) is 25.8 Å². The van der Waals surface area contributed by atoms with Crippen molar-refractivity contribution in [3.8, 4) is 10.6 Å². The van der Waals surface area contributed by atoms with Gasteiger partial charge in [-0.3, -0.25) is 4.98 Å². The van der Waals surface area contributed by atoms with Crippen LogP contribution in [0.4, 0.5) is 0 Å². The van der Waals surface area contributed by atoms with E-state index in [0.717, 1.165) is 36.4 Å². The predicted molar refractivity (Wildman–Crippen MR) is 65.2 cm³/mol. The van der Waals surface area contributed by atoms with Crippen molar-refractivity contribution >= 4 is 22.7 Å². The van der Waals surface area contributed by atoms with Crippen molar-refractivity contribution < 1.29 is 0 Å². The minimum Gasteiger partial charge on any atom is -0.330 e. The third-order valence-corrected chi connectivity index (χ3v) is 3.79. The fourth-order valence-corrected chi connectivity index (χ4v) is 2.80. The van der Waals surface area contributed by atoms with E-state index in [9.17, 15) is 0 Å². The van der Waals surface area contributed by atoms with Crippen LogP contribution in [-0.2, 0) is 6.42 Å². The molecule has 0 saturated heterocycles. The van der Waals surface area contributed by atoms with Gasteiger partial charge in [0.25, 0.3) is 0 Å². The molecule has 0 aliphatic heterocycles.